The van der Waals surface area contributed by atoms with Crippen molar-refractivity contribution in [2.45, 2.75) is 40.2 Å². The number of aryl methyl sites for hydroxylation is 1. The lowest BCUT2D eigenvalue weighted by Crippen LogP contribution is -2.53. The third kappa shape index (κ3) is 3.61. The third-order valence-corrected chi connectivity index (χ3v) is 4.09. The Labute approximate surface area is 125 Å². The number of carbonyl (C=O) groups is 2. The summed E-state index contributed by atoms with van der Waals surface area (Å²) in [5.74, 6) is -0.635. The molecule has 0 aliphatic rings. The highest BCUT2D eigenvalue weighted by Crippen LogP contribution is 2.30. The van der Waals surface area contributed by atoms with Crippen LogP contribution in [0.1, 0.15) is 43.6 Å². The quantitative estimate of drug-likeness (QED) is 0.835. The lowest BCUT2D eigenvalue weighted by molar-refractivity contribution is -0.126. The van der Waals surface area contributed by atoms with Crippen LogP contribution < -0.4 is 11.1 Å². The third-order valence-electron chi connectivity index (χ3n) is 4.09. The molecule has 0 aliphatic heterocycles. The number of hydrogen-bond acceptors (Lipinski definition) is 4. The Bertz CT molecular complexity index is 557. The van der Waals surface area contributed by atoms with Crippen LogP contribution in [0.3, 0.4) is 0 Å². The maximum Gasteiger partial charge on any atom is 0.337 e. The number of carbonyl (C=O) groups excluding carboxylic acids is 2. The van der Waals surface area contributed by atoms with Gasteiger partial charge >= 0.3 is 5.97 Å². The fourth-order valence-corrected chi connectivity index (χ4v) is 1.57. The number of amides is 1. The van der Waals surface area contributed by atoms with Gasteiger partial charge in [0.2, 0.25) is 5.91 Å². The normalized spacial score (nSPS) is 12.0. The number of nitrogens with two attached hydrogens (primary N) is 1. The summed E-state index contributed by atoms with van der Waals surface area (Å²) in [4.78, 5) is 24.0. The van der Waals surface area contributed by atoms with Gasteiger partial charge in [0.25, 0.3) is 0 Å². The van der Waals surface area contributed by atoms with Crippen LogP contribution in [0.15, 0.2) is 18.2 Å². The molecule has 3 N–H and O–H groups in total. The van der Waals surface area contributed by atoms with Crippen LogP contribution in [0.4, 0.5) is 5.69 Å². The fraction of sp³-hybridized carbons (Fsp3) is 0.500. The van der Waals surface area contributed by atoms with Crippen LogP contribution in [-0.4, -0.2) is 24.5 Å². The van der Waals surface area contributed by atoms with Crippen LogP contribution in [0.25, 0.3) is 0 Å². The lowest BCUT2D eigenvalue weighted by Gasteiger charge is -2.37. The number of benzene rings is 1. The first-order chi connectivity index (χ1) is 9.50. The molecule has 0 unspecified atom stereocenters. The highest BCUT2D eigenvalue weighted by atomic mass is 16.5. The zero-order valence-electron chi connectivity index (χ0n) is 13.5. The number of anilines is 1. The number of nitrogens with one attached hydrogen (secondary N) is 1. The molecule has 1 aromatic rings. The molecule has 21 heavy (non-hydrogen) atoms. The van der Waals surface area contributed by atoms with Crippen molar-refractivity contribution in [3.63, 3.8) is 0 Å². The fourth-order valence-electron chi connectivity index (χ4n) is 1.57. The number of rotatable bonds is 4. The van der Waals surface area contributed by atoms with E-state index in [1.807, 2.05) is 20.8 Å². The summed E-state index contributed by atoms with van der Waals surface area (Å²) >= 11 is 0. The standard InChI is InChI=1S/C16H24N2O3/c1-10-7-8-11(13(19)21-6)9-12(10)18-14(20)15(2,3)16(4,5)17/h7-9H,17H2,1-6H3,(H,18,20). The van der Waals surface area contributed by atoms with Gasteiger partial charge in [-0.05, 0) is 52.3 Å². The minimum atomic E-state index is -0.763. The summed E-state index contributed by atoms with van der Waals surface area (Å²) in [5.41, 5.74) is 6.47. The van der Waals surface area contributed by atoms with Crippen molar-refractivity contribution in [3.8, 4) is 0 Å². The molecule has 5 nitrogen and oxygen atoms in total. The molecule has 1 amide bonds. The van der Waals surface area contributed by atoms with Crippen molar-refractivity contribution in [3.05, 3.63) is 29.3 Å². The number of hydrogen-bond donors (Lipinski definition) is 2. The van der Waals surface area contributed by atoms with E-state index in [1.54, 1.807) is 32.0 Å². The number of ether oxygens (including phenoxy) is 1. The first-order valence-electron chi connectivity index (χ1n) is 6.80. The monoisotopic (exact) mass is 292 g/mol. The zero-order chi connectivity index (χ0) is 16.4. The van der Waals surface area contributed by atoms with Crippen LogP contribution in [-0.2, 0) is 9.53 Å². The molecule has 0 radical (unpaired) electrons. The summed E-state index contributed by atoms with van der Waals surface area (Å²) < 4.78 is 4.69. The Morgan fingerprint density at radius 3 is 2.24 bits per heavy atom. The summed E-state index contributed by atoms with van der Waals surface area (Å²) in [6, 6.07) is 5.04. The number of methoxy groups -OCH3 is 1. The Morgan fingerprint density at radius 2 is 1.76 bits per heavy atom. The van der Waals surface area contributed by atoms with Gasteiger partial charge in [-0.3, -0.25) is 4.79 Å². The van der Waals surface area contributed by atoms with Gasteiger partial charge in [-0.2, -0.15) is 0 Å². The van der Waals surface area contributed by atoms with Gasteiger partial charge < -0.3 is 15.8 Å². The molecule has 0 atom stereocenters. The first kappa shape index (κ1) is 17.2. The van der Waals surface area contributed by atoms with E-state index < -0.39 is 16.9 Å². The molecular formula is C16H24N2O3. The van der Waals surface area contributed by atoms with Crippen LogP contribution in [0.5, 0.6) is 0 Å². The van der Waals surface area contributed by atoms with E-state index in [-0.39, 0.29) is 5.91 Å². The molecule has 5 heteroatoms. The molecule has 0 spiro atoms. The van der Waals surface area contributed by atoms with E-state index in [4.69, 9.17) is 5.73 Å². The van der Waals surface area contributed by atoms with Crippen LogP contribution >= 0.6 is 0 Å². The predicted octanol–water partition coefficient (Wildman–Crippen LogP) is 2.48. The van der Waals surface area contributed by atoms with Crippen molar-refractivity contribution in [2.75, 3.05) is 12.4 Å². The average molecular weight is 292 g/mol. The van der Waals surface area contributed by atoms with E-state index in [2.05, 4.69) is 10.1 Å². The zero-order valence-corrected chi connectivity index (χ0v) is 13.5. The second kappa shape index (κ2) is 5.85. The largest absolute Gasteiger partial charge is 0.465 e. The smallest absolute Gasteiger partial charge is 0.337 e. The Hall–Kier alpha value is -1.88. The second-order valence-corrected chi connectivity index (χ2v) is 6.32. The van der Waals surface area contributed by atoms with E-state index in [0.29, 0.717) is 11.3 Å². The van der Waals surface area contributed by atoms with Crippen molar-refractivity contribution >= 4 is 17.6 Å². The minimum absolute atomic E-state index is 0.194. The Balaban J connectivity index is 3.08. The summed E-state index contributed by atoms with van der Waals surface area (Å²) in [6.07, 6.45) is 0. The Kier molecular flexibility index (Phi) is 4.79. The molecule has 0 aromatic heterocycles. The summed E-state index contributed by atoms with van der Waals surface area (Å²) in [6.45, 7) is 9.07. The first-order valence-corrected chi connectivity index (χ1v) is 6.80. The van der Waals surface area contributed by atoms with E-state index >= 15 is 0 Å². The molecule has 0 saturated carbocycles. The minimum Gasteiger partial charge on any atom is -0.465 e. The van der Waals surface area contributed by atoms with E-state index in [9.17, 15) is 9.59 Å². The van der Waals surface area contributed by atoms with Gasteiger partial charge in [0.1, 0.15) is 0 Å². The van der Waals surface area contributed by atoms with Gasteiger partial charge in [-0.15, -0.1) is 0 Å². The second-order valence-electron chi connectivity index (χ2n) is 6.32. The highest BCUT2D eigenvalue weighted by molar-refractivity contribution is 5.98. The van der Waals surface area contributed by atoms with Gasteiger partial charge in [-0.25, -0.2) is 4.79 Å². The van der Waals surface area contributed by atoms with E-state index in [0.717, 1.165) is 5.56 Å². The van der Waals surface area contributed by atoms with Crippen molar-refractivity contribution < 1.29 is 14.3 Å². The van der Waals surface area contributed by atoms with Gasteiger partial charge in [0.05, 0.1) is 18.1 Å². The Morgan fingerprint density at radius 1 is 1.19 bits per heavy atom. The maximum absolute atomic E-state index is 12.5. The van der Waals surface area contributed by atoms with Crippen molar-refractivity contribution in [2.24, 2.45) is 11.1 Å². The predicted molar refractivity (Wildman–Crippen MR) is 83.2 cm³/mol. The molecule has 116 valence electrons. The SMILES string of the molecule is COC(=O)c1ccc(C)c(NC(=O)C(C)(C)C(C)(C)N)c1. The average Bonchev–Trinajstić information content (AvgIpc) is 2.38. The van der Waals surface area contributed by atoms with Crippen molar-refractivity contribution in [1.82, 2.24) is 0 Å². The van der Waals surface area contributed by atoms with Crippen LogP contribution in [0, 0.1) is 12.3 Å². The van der Waals surface area contributed by atoms with Gasteiger partial charge in [0, 0.05) is 11.2 Å². The lowest BCUT2D eigenvalue weighted by atomic mass is 9.74. The molecular weight excluding hydrogens is 268 g/mol. The molecule has 1 rings (SSSR count). The molecule has 1 aromatic carbocycles. The van der Waals surface area contributed by atoms with Crippen molar-refractivity contribution in [1.29, 1.82) is 0 Å². The summed E-state index contributed by atoms with van der Waals surface area (Å²) in [5, 5.41) is 2.85. The molecule has 0 aliphatic carbocycles. The van der Waals surface area contributed by atoms with Gasteiger partial charge in [-0.1, -0.05) is 6.07 Å². The molecule has 0 saturated heterocycles. The number of esters is 1. The molecule has 0 bridgehead atoms. The topological polar surface area (TPSA) is 81.4 Å². The molecule has 0 heterocycles. The molecule has 0 fully saturated rings. The maximum atomic E-state index is 12.5. The van der Waals surface area contributed by atoms with E-state index in [1.165, 1.54) is 7.11 Å². The summed E-state index contributed by atoms with van der Waals surface area (Å²) in [7, 11) is 1.32. The van der Waals surface area contributed by atoms with Crippen LogP contribution in [0.2, 0.25) is 0 Å². The van der Waals surface area contributed by atoms with Gasteiger partial charge in [0.15, 0.2) is 0 Å². The highest BCUT2D eigenvalue weighted by Gasteiger charge is 2.40.